The van der Waals surface area contributed by atoms with Crippen LogP contribution in [0.15, 0.2) is 12.7 Å². The van der Waals surface area contributed by atoms with Gasteiger partial charge in [-0.15, -0.1) is 6.58 Å². The minimum Gasteiger partial charge on any atom is -0.388 e. The Hall–Kier alpha value is -0.460. The first-order valence-corrected chi connectivity index (χ1v) is 12.5. The lowest BCUT2D eigenvalue weighted by molar-refractivity contribution is -0.0813. The Bertz CT molecular complexity index is 390. The van der Waals surface area contributed by atoms with Crippen LogP contribution in [0.4, 0.5) is 0 Å². The van der Waals surface area contributed by atoms with E-state index in [1.807, 2.05) is 6.08 Å². The van der Waals surface area contributed by atoms with Crippen molar-refractivity contribution in [3.63, 3.8) is 0 Å². The molecule has 0 bridgehead atoms. The Kier molecular flexibility index (Phi) is 17.7. The molecule has 1 rings (SSSR count). The van der Waals surface area contributed by atoms with Crippen LogP contribution in [0.2, 0.25) is 0 Å². The van der Waals surface area contributed by atoms with Crippen molar-refractivity contribution in [2.45, 2.75) is 127 Å². The van der Waals surface area contributed by atoms with Crippen LogP contribution in [-0.2, 0) is 9.47 Å². The van der Waals surface area contributed by atoms with Crippen molar-refractivity contribution in [3.8, 4) is 0 Å². The molecule has 0 unspecified atom stereocenters. The van der Waals surface area contributed by atoms with Crippen LogP contribution in [0, 0.1) is 0 Å². The fraction of sp³-hybridized carbons (Fsp3) is 0.920. The Morgan fingerprint density at radius 3 is 1.70 bits per heavy atom. The summed E-state index contributed by atoms with van der Waals surface area (Å²) in [4.78, 5) is 0. The van der Waals surface area contributed by atoms with Gasteiger partial charge in [0.25, 0.3) is 0 Å². The predicted octanol–water partition coefficient (Wildman–Crippen LogP) is 4.91. The van der Waals surface area contributed by atoms with Crippen LogP contribution in [0.25, 0.3) is 0 Å². The van der Waals surface area contributed by atoms with Gasteiger partial charge in [0.15, 0.2) is 0 Å². The van der Waals surface area contributed by atoms with Crippen molar-refractivity contribution in [2.75, 3.05) is 19.8 Å². The summed E-state index contributed by atoms with van der Waals surface area (Å²) in [6.45, 7) is 4.60. The minimum atomic E-state index is -1.03. The number of allylic oxidation sites excluding steroid dienone is 1. The van der Waals surface area contributed by atoms with Crippen molar-refractivity contribution >= 4 is 0 Å². The summed E-state index contributed by atoms with van der Waals surface area (Å²) in [6, 6.07) is 0. The maximum atomic E-state index is 9.96. The van der Waals surface area contributed by atoms with E-state index in [2.05, 4.69) is 6.58 Å². The molecular weight excluding hydrogens is 380 g/mol. The van der Waals surface area contributed by atoms with Crippen molar-refractivity contribution in [1.82, 2.24) is 0 Å². The highest BCUT2D eigenvalue weighted by atomic mass is 16.5. The molecule has 1 saturated heterocycles. The van der Waals surface area contributed by atoms with Crippen molar-refractivity contribution in [3.05, 3.63) is 12.7 Å². The zero-order chi connectivity index (χ0) is 21.9. The predicted molar refractivity (Wildman–Crippen MR) is 123 cm³/mol. The van der Waals surface area contributed by atoms with Gasteiger partial charge in [-0.05, 0) is 19.3 Å². The van der Waals surface area contributed by atoms with Gasteiger partial charge < -0.3 is 24.8 Å². The SMILES string of the molecule is C=CCCCCCCCCCCCCCCCCCOC[C@@H](O)[C@@H]1OC[C@H](O)[C@@H]1O. The molecule has 1 aliphatic rings. The standard InChI is InChI=1S/C25H48O5/c1-2-3-4-5-6-7-8-9-10-11-12-13-14-15-16-17-18-19-29-20-23(27)25-24(28)22(26)21-30-25/h2,22-28H,1,3-21H2/t22-,23+,24-,25-/m0/s1. The number of aliphatic hydroxyl groups is 3. The summed E-state index contributed by atoms with van der Waals surface area (Å²) in [6.07, 6.45) is 19.5. The molecule has 3 N–H and O–H groups in total. The Morgan fingerprint density at radius 2 is 1.27 bits per heavy atom. The van der Waals surface area contributed by atoms with E-state index in [0.717, 1.165) is 12.8 Å². The highest BCUT2D eigenvalue weighted by Crippen LogP contribution is 2.18. The first kappa shape index (κ1) is 27.6. The molecule has 0 spiro atoms. The minimum absolute atomic E-state index is 0.0690. The fourth-order valence-electron chi connectivity index (χ4n) is 4.05. The summed E-state index contributed by atoms with van der Waals surface area (Å²) >= 11 is 0. The van der Waals surface area contributed by atoms with Gasteiger partial charge in [-0.25, -0.2) is 0 Å². The largest absolute Gasteiger partial charge is 0.388 e. The van der Waals surface area contributed by atoms with Crippen LogP contribution < -0.4 is 0 Å². The number of hydrogen-bond donors (Lipinski definition) is 3. The zero-order valence-electron chi connectivity index (χ0n) is 19.2. The van der Waals surface area contributed by atoms with Gasteiger partial charge in [0.2, 0.25) is 0 Å². The van der Waals surface area contributed by atoms with E-state index in [4.69, 9.17) is 9.47 Å². The first-order chi connectivity index (χ1) is 14.7. The summed E-state index contributed by atoms with van der Waals surface area (Å²) in [5.41, 5.74) is 0. The molecule has 30 heavy (non-hydrogen) atoms. The summed E-state index contributed by atoms with van der Waals surface area (Å²) in [7, 11) is 0. The summed E-state index contributed by atoms with van der Waals surface area (Å²) in [5, 5.41) is 29.1. The summed E-state index contributed by atoms with van der Waals surface area (Å²) in [5.74, 6) is 0. The van der Waals surface area contributed by atoms with E-state index in [1.165, 1.54) is 89.9 Å². The van der Waals surface area contributed by atoms with E-state index in [9.17, 15) is 15.3 Å². The zero-order valence-corrected chi connectivity index (χ0v) is 19.2. The van der Waals surface area contributed by atoms with Gasteiger partial charge in [0.1, 0.15) is 24.4 Å². The molecule has 0 aromatic carbocycles. The second-order valence-electron chi connectivity index (χ2n) is 8.88. The molecule has 0 aromatic rings. The Balaban J connectivity index is 1.73. The van der Waals surface area contributed by atoms with E-state index >= 15 is 0 Å². The molecule has 0 aliphatic carbocycles. The van der Waals surface area contributed by atoms with Crippen LogP contribution in [-0.4, -0.2) is 59.6 Å². The van der Waals surface area contributed by atoms with Crippen molar-refractivity contribution in [1.29, 1.82) is 0 Å². The van der Waals surface area contributed by atoms with E-state index in [1.54, 1.807) is 0 Å². The second kappa shape index (κ2) is 19.2. The number of ether oxygens (including phenoxy) is 2. The molecule has 0 saturated carbocycles. The summed E-state index contributed by atoms with van der Waals surface area (Å²) < 4.78 is 10.7. The van der Waals surface area contributed by atoms with Crippen LogP contribution >= 0.6 is 0 Å². The molecule has 1 fully saturated rings. The molecule has 178 valence electrons. The van der Waals surface area contributed by atoms with Crippen molar-refractivity contribution < 1.29 is 24.8 Å². The number of rotatable bonds is 21. The van der Waals surface area contributed by atoms with Crippen LogP contribution in [0.1, 0.15) is 103 Å². The first-order valence-electron chi connectivity index (χ1n) is 12.5. The highest BCUT2D eigenvalue weighted by Gasteiger charge is 2.39. The topological polar surface area (TPSA) is 79.2 Å². The molecule has 0 radical (unpaired) electrons. The normalized spacial score (nSPS) is 22.4. The smallest absolute Gasteiger partial charge is 0.114 e. The molecule has 5 nitrogen and oxygen atoms in total. The van der Waals surface area contributed by atoms with Gasteiger partial charge in [-0.3, -0.25) is 0 Å². The Labute approximate surface area is 184 Å². The molecule has 1 aliphatic heterocycles. The molecule has 1 heterocycles. The number of unbranched alkanes of at least 4 members (excludes halogenated alkanes) is 15. The van der Waals surface area contributed by atoms with E-state index in [0.29, 0.717) is 6.61 Å². The highest BCUT2D eigenvalue weighted by molar-refractivity contribution is 4.87. The van der Waals surface area contributed by atoms with E-state index < -0.39 is 24.4 Å². The van der Waals surface area contributed by atoms with E-state index in [-0.39, 0.29) is 13.2 Å². The molecule has 0 amide bonds. The lowest BCUT2D eigenvalue weighted by atomic mass is 10.0. The molecule has 5 heteroatoms. The Morgan fingerprint density at radius 1 is 0.800 bits per heavy atom. The molecule has 4 atom stereocenters. The van der Waals surface area contributed by atoms with Gasteiger partial charge in [0, 0.05) is 6.61 Å². The third-order valence-corrected chi connectivity index (χ3v) is 6.06. The lowest BCUT2D eigenvalue weighted by Crippen LogP contribution is -2.40. The van der Waals surface area contributed by atoms with Crippen molar-refractivity contribution in [2.24, 2.45) is 0 Å². The molecular formula is C25H48O5. The monoisotopic (exact) mass is 428 g/mol. The average molecular weight is 429 g/mol. The third kappa shape index (κ3) is 13.8. The quantitative estimate of drug-likeness (QED) is 0.179. The lowest BCUT2D eigenvalue weighted by Gasteiger charge is -2.20. The fourth-order valence-corrected chi connectivity index (χ4v) is 4.05. The number of hydrogen-bond acceptors (Lipinski definition) is 5. The second-order valence-corrected chi connectivity index (χ2v) is 8.88. The van der Waals surface area contributed by atoms with Crippen LogP contribution in [0.5, 0.6) is 0 Å². The van der Waals surface area contributed by atoms with Gasteiger partial charge >= 0.3 is 0 Å². The third-order valence-electron chi connectivity index (χ3n) is 6.06. The van der Waals surface area contributed by atoms with Gasteiger partial charge in [-0.2, -0.15) is 0 Å². The maximum absolute atomic E-state index is 9.96. The maximum Gasteiger partial charge on any atom is 0.114 e. The average Bonchev–Trinajstić information content (AvgIpc) is 3.08. The number of aliphatic hydroxyl groups excluding tert-OH is 3. The van der Waals surface area contributed by atoms with Gasteiger partial charge in [0.05, 0.1) is 13.2 Å². The van der Waals surface area contributed by atoms with Gasteiger partial charge in [-0.1, -0.05) is 89.5 Å². The molecule has 0 aromatic heterocycles. The van der Waals surface area contributed by atoms with Crippen LogP contribution in [0.3, 0.4) is 0 Å².